The van der Waals surface area contributed by atoms with E-state index in [0.29, 0.717) is 32.5 Å². The molecule has 110 valence electrons. The van der Waals surface area contributed by atoms with E-state index < -0.39 is 0 Å². The van der Waals surface area contributed by atoms with Gasteiger partial charge in [0, 0.05) is 17.0 Å². The van der Waals surface area contributed by atoms with Gasteiger partial charge in [-0.05, 0) is 24.3 Å². The van der Waals surface area contributed by atoms with Crippen LogP contribution in [-0.2, 0) is 0 Å². The molecular weight excluding hydrogens is 318 g/mol. The monoisotopic (exact) mass is 329 g/mol. The summed E-state index contributed by atoms with van der Waals surface area (Å²) in [6.45, 7) is 3.67. The molecule has 6 heteroatoms. The molecule has 2 heterocycles. The Kier molecular flexibility index (Phi) is 4.27. The van der Waals surface area contributed by atoms with E-state index in [9.17, 15) is 4.79 Å². The van der Waals surface area contributed by atoms with Crippen molar-refractivity contribution >= 4 is 34.3 Å². The van der Waals surface area contributed by atoms with E-state index in [1.807, 2.05) is 24.3 Å². The molecule has 0 unspecified atom stereocenters. The molecule has 0 radical (unpaired) electrons. The fraction of sp³-hybridized carbons (Fsp3) is 0.0625. The third kappa shape index (κ3) is 2.91. The minimum atomic E-state index is -0.124. The zero-order valence-corrected chi connectivity index (χ0v) is 13.1. The van der Waals surface area contributed by atoms with Gasteiger partial charge >= 0.3 is 0 Å². The molecule has 0 amide bonds. The molecule has 3 aromatic rings. The number of aromatic nitrogens is 3. The molecule has 3 rings (SSSR count). The Morgan fingerprint density at radius 3 is 2.82 bits per heavy atom. The average Bonchev–Trinajstić information content (AvgIpc) is 2.54. The Balaban J connectivity index is 2.26. The number of para-hydroxylation sites is 1. The number of halogens is 1. The summed E-state index contributed by atoms with van der Waals surface area (Å²) in [5.74, 6) is 0.479. The van der Waals surface area contributed by atoms with Gasteiger partial charge in [0.2, 0.25) is 0 Å². The minimum absolute atomic E-state index is 0.124. The number of nitrogens with zero attached hydrogens (tertiary/aromatic N) is 3. The second-order valence-corrected chi connectivity index (χ2v) is 6.05. The van der Waals surface area contributed by atoms with Crippen molar-refractivity contribution in [2.24, 2.45) is 0 Å². The second kappa shape index (κ2) is 6.34. The average molecular weight is 330 g/mol. The van der Waals surface area contributed by atoms with Crippen LogP contribution in [-0.4, -0.2) is 20.3 Å². The van der Waals surface area contributed by atoms with Crippen molar-refractivity contribution in [2.75, 3.05) is 5.75 Å². The summed E-state index contributed by atoms with van der Waals surface area (Å²) in [5, 5.41) is 1.64. The van der Waals surface area contributed by atoms with E-state index >= 15 is 0 Å². The lowest BCUT2D eigenvalue weighted by Gasteiger charge is -2.12. The van der Waals surface area contributed by atoms with Crippen molar-refractivity contribution < 1.29 is 0 Å². The van der Waals surface area contributed by atoms with E-state index in [4.69, 9.17) is 11.6 Å². The summed E-state index contributed by atoms with van der Waals surface area (Å²) in [7, 11) is 0. The number of pyridine rings is 1. The van der Waals surface area contributed by atoms with Crippen molar-refractivity contribution in [3.63, 3.8) is 0 Å². The van der Waals surface area contributed by atoms with Gasteiger partial charge in [0.05, 0.1) is 22.8 Å². The van der Waals surface area contributed by atoms with Crippen LogP contribution in [0.1, 0.15) is 0 Å². The van der Waals surface area contributed by atoms with Crippen LogP contribution in [0.5, 0.6) is 0 Å². The molecule has 0 N–H and O–H groups in total. The van der Waals surface area contributed by atoms with Gasteiger partial charge in [-0.3, -0.25) is 14.3 Å². The molecule has 4 nitrogen and oxygen atoms in total. The van der Waals surface area contributed by atoms with Gasteiger partial charge in [-0.1, -0.05) is 42.1 Å². The molecule has 0 atom stereocenters. The zero-order chi connectivity index (χ0) is 15.5. The van der Waals surface area contributed by atoms with Crippen LogP contribution in [0.15, 0.2) is 70.4 Å². The maximum absolute atomic E-state index is 12.8. The Labute approximate surface area is 136 Å². The molecule has 0 saturated carbocycles. The highest BCUT2D eigenvalue weighted by Gasteiger charge is 2.13. The molecule has 0 aliphatic carbocycles. The van der Waals surface area contributed by atoms with Crippen LogP contribution in [0, 0.1) is 0 Å². The molecule has 22 heavy (non-hydrogen) atoms. The van der Waals surface area contributed by atoms with Crippen LogP contribution in [0.25, 0.3) is 16.6 Å². The number of hydrogen-bond acceptors (Lipinski definition) is 4. The number of hydrogen-bond donors (Lipinski definition) is 0. The van der Waals surface area contributed by atoms with Gasteiger partial charge in [0.15, 0.2) is 5.16 Å². The normalized spacial score (nSPS) is 10.8. The van der Waals surface area contributed by atoms with Crippen molar-refractivity contribution in [1.29, 1.82) is 0 Å². The molecule has 0 fully saturated rings. The van der Waals surface area contributed by atoms with Gasteiger partial charge in [-0.15, -0.1) is 0 Å². The fourth-order valence-electron chi connectivity index (χ4n) is 2.07. The first kappa shape index (κ1) is 14.8. The molecule has 0 saturated heterocycles. The maximum Gasteiger partial charge on any atom is 0.266 e. The van der Waals surface area contributed by atoms with Gasteiger partial charge in [0.25, 0.3) is 5.56 Å². The number of fused-ring (bicyclic) bond motifs is 1. The Morgan fingerprint density at radius 2 is 2.09 bits per heavy atom. The predicted molar refractivity (Wildman–Crippen MR) is 90.9 cm³/mol. The molecular formula is C16H12ClN3OS. The van der Waals surface area contributed by atoms with Gasteiger partial charge in [-0.25, -0.2) is 4.98 Å². The summed E-state index contributed by atoms with van der Waals surface area (Å²) in [6.07, 6.45) is 3.30. The van der Waals surface area contributed by atoms with Crippen molar-refractivity contribution in [1.82, 2.24) is 14.5 Å². The lowest BCUT2D eigenvalue weighted by molar-refractivity contribution is 0.816. The number of thioether (sulfide) groups is 1. The third-order valence-corrected chi connectivity index (χ3v) is 4.32. The topological polar surface area (TPSA) is 47.8 Å². The van der Waals surface area contributed by atoms with Gasteiger partial charge < -0.3 is 0 Å². The molecule has 0 aliphatic rings. The highest BCUT2D eigenvalue weighted by atomic mass is 35.5. The van der Waals surface area contributed by atoms with Crippen molar-refractivity contribution in [3.8, 4) is 5.69 Å². The molecule has 1 aromatic carbocycles. The summed E-state index contributed by atoms with van der Waals surface area (Å²) < 4.78 is 1.56. The zero-order valence-electron chi connectivity index (χ0n) is 11.6. The van der Waals surface area contributed by atoms with Crippen LogP contribution in [0.4, 0.5) is 0 Å². The first-order valence-corrected chi connectivity index (χ1v) is 7.91. The Bertz CT molecular complexity index is 893. The maximum atomic E-state index is 12.8. The van der Waals surface area contributed by atoms with E-state index in [0.717, 1.165) is 0 Å². The second-order valence-electron chi connectivity index (χ2n) is 4.57. The van der Waals surface area contributed by atoms with Crippen molar-refractivity contribution in [3.05, 3.63) is 70.8 Å². The standard InChI is InChI=1S/C16H12ClN3OS/c1-11(17)10-22-16-19-14-7-3-2-6-13(14)15(21)20(16)12-5-4-8-18-9-12/h2-9H,1,10H2. The van der Waals surface area contributed by atoms with E-state index in [2.05, 4.69) is 16.5 Å². The lowest BCUT2D eigenvalue weighted by atomic mass is 10.2. The Hall–Kier alpha value is -2.11. The lowest BCUT2D eigenvalue weighted by Crippen LogP contribution is -2.21. The van der Waals surface area contributed by atoms with E-state index in [1.54, 1.807) is 29.1 Å². The molecule has 0 spiro atoms. The minimum Gasteiger partial charge on any atom is -0.268 e. The fourth-order valence-corrected chi connectivity index (χ4v) is 3.00. The van der Waals surface area contributed by atoms with E-state index in [-0.39, 0.29) is 5.56 Å². The smallest absolute Gasteiger partial charge is 0.266 e. The Morgan fingerprint density at radius 1 is 1.27 bits per heavy atom. The summed E-state index contributed by atoms with van der Waals surface area (Å²) in [5.41, 5.74) is 1.21. The quantitative estimate of drug-likeness (QED) is 0.542. The highest BCUT2D eigenvalue weighted by Crippen LogP contribution is 2.23. The largest absolute Gasteiger partial charge is 0.268 e. The molecule has 2 aromatic heterocycles. The van der Waals surface area contributed by atoms with Crippen LogP contribution < -0.4 is 5.56 Å². The SMILES string of the molecule is C=C(Cl)CSc1nc2ccccc2c(=O)n1-c1cccnc1. The summed E-state index contributed by atoms with van der Waals surface area (Å²) in [4.78, 5) is 21.5. The van der Waals surface area contributed by atoms with Gasteiger partial charge in [0.1, 0.15) is 0 Å². The number of rotatable bonds is 4. The first-order chi connectivity index (χ1) is 10.7. The highest BCUT2D eigenvalue weighted by molar-refractivity contribution is 7.99. The van der Waals surface area contributed by atoms with Crippen molar-refractivity contribution in [2.45, 2.75) is 5.16 Å². The third-order valence-electron chi connectivity index (χ3n) is 3.01. The molecule has 0 bridgehead atoms. The summed E-state index contributed by atoms with van der Waals surface area (Å²) >= 11 is 7.21. The van der Waals surface area contributed by atoms with Crippen LogP contribution >= 0.6 is 23.4 Å². The summed E-state index contributed by atoms with van der Waals surface area (Å²) in [6, 6.07) is 10.9. The molecule has 0 aliphatic heterocycles. The van der Waals surface area contributed by atoms with E-state index in [1.165, 1.54) is 11.8 Å². The number of benzene rings is 1. The van der Waals surface area contributed by atoms with Gasteiger partial charge in [-0.2, -0.15) is 0 Å². The predicted octanol–water partition coefficient (Wildman–Crippen LogP) is 3.63. The van der Waals surface area contributed by atoms with Crippen LogP contribution in [0.3, 0.4) is 0 Å². The first-order valence-electron chi connectivity index (χ1n) is 6.55. The van der Waals surface area contributed by atoms with Crippen LogP contribution in [0.2, 0.25) is 0 Å².